The largest absolute Gasteiger partial charge is 0.0651 e. The normalized spacial score (nSPS) is 35.7. The maximum absolute atomic E-state index is 2.53. The van der Waals surface area contributed by atoms with E-state index in [9.17, 15) is 0 Å². The van der Waals surface area contributed by atoms with E-state index in [1.807, 2.05) is 0 Å². The van der Waals surface area contributed by atoms with Crippen LogP contribution in [-0.4, -0.2) is 0 Å². The molecule has 6 unspecified atom stereocenters. The van der Waals surface area contributed by atoms with E-state index in [4.69, 9.17) is 0 Å². The van der Waals surface area contributed by atoms with Gasteiger partial charge in [-0.25, -0.2) is 0 Å². The third kappa shape index (κ3) is 5.48. The molecule has 1 saturated carbocycles. The van der Waals surface area contributed by atoms with Gasteiger partial charge in [0, 0.05) is 0 Å². The van der Waals surface area contributed by atoms with Crippen LogP contribution in [-0.2, 0) is 0 Å². The molecular formula is C19H38. The van der Waals surface area contributed by atoms with Crippen LogP contribution in [0, 0.1) is 35.5 Å². The summed E-state index contributed by atoms with van der Waals surface area (Å²) in [4.78, 5) is 0. The molecule has 1 rings (SSSR count). The van der Waals surface area contributed by atoms with Crippen molar-refractivity contribution in [2.45, 2.75) is 86.5 Å². The summed E-state index contributed by atoms with van der Waals surface area (Å²) in [7, 11) is 0. The quantitative estimate of drug-likeness (QED) is 0.478. The van der Waals surface area contributed by atoms with E-state index in [-0.39, 0.29) is 0 Å². The number of rotatable bonds is 6. The van der Waals surface area contributed by atoms with E-state index in [2.05, 4.69) is 41.5 Å². The summed E-state index contributed by atoms with van der Waals surface area (Å²) in [6.45, 7) is 14.7. The second kappa shape index (κ2) is 8.32. The first kappa shape index (κ1) is 17.1. The number of hydrogen-bond acceptors (Lipinski definition) is 0. The minimum Gasteiger partial charge on any atom is -0.0651 e. The Labute approximate surface area is 122 Å². The first-order chi connectivity index (χ1) is 8.95. The Hall–Kier alpha value is 0. The molecule has 0 amide bonds. The molecule has 0 saturated heterocycles. The van der Waals surface area contributed by atoms with Crippen molar-refractivity contribution in [3.8, 4) is 0 Å². The van der Waals surface area contributed by atoms with Gasteiger partial charge in [0.2, 0.25) is 0 Å². The van der Waals surface area contributed by atoms with Crippen molar-refractivity contribution in [1.82, 2.24) is 0 Å². The van der Waals surface area contributed by atoms with Gasteiger partial charge in [0.15, 0.2) is 0 Å². The molecule has 0 heteroatoms. The van der Waals surface area contributed by atoms with E-state index < -0.39 is 0 Å². The Morgan fingerprint density at radius 1 is 0.895 bits per heavy atom. The van der Waals surface area contributed by atoms with Crippen molar-refractivity contribution in [3.63, 3.8) is 0 Å². The lowest BCUT2D eigenvalue weighted by Gasteiger charge is -2.29. The minimum atomic E-state index is 0.929. The van der Waals surface area contributed by atoms with E-state index in [1.165, 1.54) is 44.9 Å². The fraction of sp³-hybridized carbons (Fsp3) is 1.00. The summed E-state index contributed by atoms with van der Waals surface area (Å²) in [5.74, 6) is 5.69. The van der Waals surface area contributed by atoms with Gasteiger partial charge in [-0.2, -0.15) is 0 Å². The molecule has 0 aromatic heterocycles. The smallest absolute Gasteiger partial charge is 0.0362 e. The van der Waals surface area contributed by atoms with Crippen LogP contribution in [0.5, 0.6) is 0 Å². The Balaban J connectivity index is 2.40. The number of hydrogen-bond donors (Lipinski definition) is 0. The maximum atomic E-state index is 2.53. The van der Waals surface area contributed by atoms with E-state index in [0.29, 0.717) is 0 Å². The Morgan fingerprint density at radius 3 is 2.21 bits per heavy atom. The highest BCUT2D eigenvalue weighted by molar-refractivity contribution is 4.80. The van der Waals surface area contributed by atoms with Crippen LogP contribution in [0.4, 0.5) is 0 Å². The van der Waals surface area contributed by atoms with Crippen molar-refractivity contribution in [2.75, 3.05) is 0 Å². The predicted octanol–water partition coefficient (Wildman–Crippen LogP) is 6.55. The first-order valence-electron chi connectivity index (χ1n) is 8.95. The van der Waals surface area contributed by atoms with Gasteiger partial charge in [0.1, 0.15) is 0 Å². The van der Waals surface area contributed by atoms with Gasteiger partial charge in [-0.15, -0.1) is 0 Å². The monoisotopic (exact) mass is 266 g/mol. The minimum absolute atomic E-state index is 0.929. The Kier molecular flexibility index (Phi) is 7.47. The molecule has 19 heavy (non-hydrogen) atoms. The molecule has 114 valence electrons. The van der Waals surface area contributed by atoms with E-state index in [0.717, 1.165) is 35.5 Å². The maximum Gasteiger partial charge on any atom is -0.0362 e. The molecule has 1 aliphatic rings. The highest BCUT2D eigenvalue weighted by atomic mass is 14.4. The fourth-order valence-corrected chi connectivity index (χ4v) is 4.07. The van der Waals surface area contributed by atoms with Crippen LogP contribution in [0.25, 0.3) is 0 Å². The summed E-state index contributed by atoms with van der Waals surface area (Å²) in [6.07, 6.45) is 10.1. The van der Waals surface area contributed by atoms with E-state index >= 15 is 0 Å². The molecule has 0 spiro atoms. The molecule has 0 heterocycles. The van der Waals surface area contributed by atoms with Crippen LogP contribution in [0.1, 0.15) is 86.5 Å². The van der Waals surface area contributed by atoms with Gasteiger partial charge in [0.25, 0.3) is 0 Å². The molecule has 6 atom stereocenters. The SMILES string of the molecule is CCC(C)CCCC(C)C1CCC(C)C(C)CC1C. The Morgan fingerprint density at radius 2 is 1.58 bits per heavy atom. The van der Waals surface area contributed by atoms with Crippen LogP contribution in [0.2, 0.25) is 0 Å². The molecule has 0 bridgehead atoms. The molecule has 0 aromatic carbocycles. The molecule has 0 nitrogen and oxygen atoms in total. The zero-order valence-electron chi connectivity index (χ0n) is 14.4. The van der Waals surface area contributed by atoms with Crippen LogP contribution in [0.15, 0.2) is 0 Å². The van der Waals surface area contributed by atoms with Gasteiger partial charge < -0.3 is 0 Å². The summed E-state index contributed by atoms with van der Waals surface area (Å²) < 4.78 is 0. The van der Waals surface area contributed by atoms with Gasteiger partial charge >= 0.3 is 0 Å². The third-order valence-corrected chi connectivity index (χ3v) is 6.19. The summed E-state index contributed by atoms with van der Waals surface area (Å²) >= 11 is 0. The van der Waals surface area contributed by atoms with Gasteiger partial charge in [-0.3, -0.25) is 0 Å². The molecule has 0 aliphatic heterocycles. The topological polar surface area (TPSA) is 0 Å². The second-order valence-corrected chi connectivity index (χ2v) is 7.83. The lowest BCUT2D eigenvalue weighted by molar-refractivity contribution is 0.215. The summed E-state index contributed by atoms with van der Waals surface area (Å²) in [5.41, 5.74) is 0. The van der Waals surface area contributed by atoms with Crippen molar-refractivity contribution >= 4 is 0 Å². The second-order valence-electron chi connectivity index (χ2n) is 7.83. The van der Waals surface area contributed by atoms with Crippen molar-refractivity contribution < 1.29 is 0 Å². The zero-order chi connectivity index (χ0) is 14.4. The van der Waals surface area contributed by atoms with Crippen LogP contribution in [0.3, 0.4) is 0 Å². The fourth-order valence-electron chi connectivity index (χ4n) is 4.07. The average Bonchev–Trinajstić information content (AvgIpc) is 2.49. The highest BCUT2D eigenvalue weighted by Gasteiger charge is 2.30. The standard InChI is InChI=1S/C19H38/c1-7-14(2)9-8-10-16(4)19-12-11-15(3)17(5)13-18(19)6/h14-19H,7-13H2,1-6H3. The first-order valence-corrected chi connectivity index (χ1v) is 8.95. The molecule has 0 N–H and O–H groups in total. The van der Waals surface area contributed by atoms with Crippen LogP contribution < -0.4 is 0 Å². The molecular weight excluding hydrogens is 228 g/mol. The third-order valence-electron chi connectivity index (χ3n) is 6.19. The molecule has 0 aromatic rings. The van der Waals surface area contributed by atoms with Gasteiger partial charge in [-0.1, -0.05) is 73.6 Å². The van der Waals surface area contributed by atoms with Gasteiger partial charge in [-0.05, 0) is 48.3 Å². The highest BCUT2D eigenvalue weighted by Crippen LogP contribution is 2.40. The summed E-state index contributed by atoms with van der Waals surface area (Å²) in [5, 5.41) is 0. The van der Waals surface area contributed by atoms with Gasteiger partial charge in [0.05, 0.1) is 0 Å². The predicted molar refractivity (Wildman–Crippen MR) is 87.3 cm³/mol. The zero-order valence-corrected chi connectivity index (χ0v) is 14.4. The molecule has 1 fully saturated rings. The lowest BCUT2D eigenvalue weighted by atomic mass is 9.77. The van der Waals surface area contributed by atoms with Crippen molar-refractivity contribution in [2.24, 2.45) is 35.5 Å². The van der Waals surface area contributed by atoms with Crippen molar-refractivity contribution in [3.05, 3.63) is 0 Å². The average molecular weight is 267 g/mol. The summed E-state index contributed by atoms with van der Waals surface area (Å²) in [6, 6.07) is 0. The molecule has 0 radical (unpaired) electrons. The van der Waals surface area contributed by atoms with Crippen LogP contribution >= 0.6 is 0 Å². The van der Waals surface area contributed by atoms with E-state index in [1.54, 1.807) is 0 Å². The Bertz CT molecular complexity index is 232. The molecule has 1 aliphatic carbocycles. The lowest BCUT2D eigenvalue weighted by Crippen LogP contribution is -2.19. The van der Waals surface area contributed by atoms with Crippen molar-refractivity contribution in [1.29, 1.82) is 0 Å².